The number of hydrogen-bond donors (Lipinski definition) is 1. The van der Waals surface area contributed by atoms with Gasteiger partial charge >= 0.3 is 0 Å². The number of anilines is 1. The predicted octanol–water partition coefficient (Wildman–Crippen LogP) is 5.40. The lowest BCUT2D eigenvalue weighted by molar-refractivity contribution is 0.247. The maximum absolute atomic E-state index is 13.4. The summed E-state index contributed by atoms with van der Waals surface area (Å²) < 4.78 is 30.7. The molecular formula is C27H33N3O2S. The fourth-order valence-corrected chi connectivity index (χ4v) is 6.85. The summed E-state index contributed by atoms with van der Waals surface area (Å²) in [6.07, 6.45) is 4.55. The Bertz CT molecular complexity index is 1280. The molecule has 0 saturated carbocycles. The molecule has 1 N–H and O–H groups in total. The highest BCUT2D eigenvalue weighted by Gasteiger charge is 2.44. The first-order valence-electron chi connectivity index (χ1n) is 11.9. The number of aryl methyl sites for hydroxylation is 1. The summed E-state index contributed by atoms with van der Waals surface area (Å²) in [6.45, 7) is 9.64. The summed E-state index contributed by atoms with van der Waals surface area (Å²) in [5.74, 6) is 0.547. The number of nitrogens with one attached hydrogen (secondary N) is 1. The topological polar surface area (TPSA) is 54.3 Å². The van der Waals surface area contributed by atoms with E-state index >= 15 is 0 Å². The normalized spacial score (nSPS) is 17.6. The molecule has 1 fully saturated rings. The van der Waals surface area contributed by atoms with Crippen molar-refractivity contribution in [3.05, 3.63) is 77.1 Å². The van der Waals surface area contributed by atoms with Gasteiger partial charge in [0.2, 0.25) is 10.0 Å². The first kappa shape index (κ1) is 22.2. The molecule has 5 nitrogen and oxygen atoms in total. The van der Waals surface area contributed by atoms with Gasteiger partial charge in [-0.3, -0.25) is 0 Å². The second kappa shape index (κ2) is 8.03. The summed E-state index contributed by atoms with van der Waals surface area (Å²) >= 11 is 0. The lowest BCUT2D eigenvalue weighted by Gasteiger charge is -2.46. The number of sulfonamides is 1. The monoisotopic (exact) mass is 463 g/mol. The highest BCUT2D eigenvalue weighted by atomic mass is 32.2. The zero-order valence-electron chi connectivity index (χ0n) is 19.9. The summed E-state index contributed by atoms with van der Waals surface area (Å²) in [5, 5.41) is 3.82. The summed E-state index contributed by atoms with van der Waals surface area (Å²) in [5.41, 5.74) is 7.01. The summed E-state index contributed by atoms with van der Waals surface area (Å²) in [6, 6.07) is 16.0. The molecule has 0 bridgehead atoms. The van der Waals surface area contributed by atoms with Gasteiger partial charge in [-0.25, -0.2) is 8.42 Å². The van der Waals surface area contributed by atoms with Crippen LogP contribution in [0.1, 0.15) is 49.1 Å². The number of aromatic nitrogens is 1. The second-order valence-corrected chi connectivity index (χ2v) is 12.0. The van der Waals surface area contributed by atoms with Gasteiger partial charge in [0.25, 0.3) is 0 Å². The Morgan fingerprint density at radius 2 is 1.70 bits per heavy atom. The Kier molecular flexibility index (Phi) is 5.41. The van der Waals surface area contributed by atoms with Gasteiger partial charge in [-0.2, -0.15) is 4.31 Å². The average Bonchev–Trinajstić information content (AvgIpc) is 3.28. The molecule has 5 rings (SSSR count). The number of rotatable bonds is 4. The first-order valence-corrected chi connectivity index (χ1v) is 13.3. The Morgan fingerprint density at radius 1 is 1.00 bits per heavy atom. The predicted molar refractivity (Wildman–Crippen MR) is 134 cm³/mol. The number of nitrogens with zero attached hydrogens (tertiary/aromatic N) is 2. The van der Waals surface area contributed by atoms with Crippen molar-refractivity contribution >= 4 is 15.7 Å². The zero-order valence-corrected chi connectivity index (χ0v) is 20.7. The number of hydrogen-bond acceptors (Lipinski definition) is 3. The van der Waals surface area contributed by atoms with Crippen molar-refractivity contribution in [2.45, 2.75) is 57.4 Å². The largest absolute Gasteiger partial charge is 0.372 e. The van der Waals surface area contributed by atoms with E-state index in [0.29, 0.717) is 23.9 Å². The van der Waals surface area contributed by atoms with E-state index in [1.807, 2.05) is 12.1 Å². The Morgan fingerprint density at radius 3 is 2.36 bits per heavy atom. The molecule has 3 aromatic rings. The van der Waals surface area contributed by atoms with Crippen LogP contribution in [0.5, 0.6) is 0 Å². The van der Waals surface area contributed by atoms with E-state index in [4.69, 9.17) is 0 Å². The van der Waals surface area contributed by atoms with Gasteiger partial charge in [0.1, 0.15) is 0 Å². The lowest BCUT2D eigenvalue weighted by Crippen LogP contribution is -2.51. The molecular weight excluding hydrogens is 430 g/mol. The van der Waals surface area contributed by atoms with Gasteiger partial charge < -0.3 is 9.88 Å². The van der Waals surface area contributed by atoms with Crippen molar-refractivity contribution in [2.75, 3.05) is 18.4 Å². The van der Waals surface area contributed by atoms with Crippen molar-refractivity contribution in [3.63, 3.8) is 0 Å². The van der Waals surface area contributed by atoms with Gasteiger partial charge in [0.15, 0.2) is 0 Å². The van der Waals surface area contributed by atoms with E-state index in [0.717, 1.165) is 24.9 Å². The summed E-state index contributed by atoms with van der Waals surface area (Å²) in [4.78, 5) is 0.391. The van der Waals surface area contributed by atoms with E-state index in [2.05, 4.69) is 68.0 Å². The van der Waals surface area contributed by atoms with Crippen molar-refractivity contribution in [1.82, 2.24) is 8.87 Å². The van der Waals surface area contributed by atoms with Crippen LogP contribution in [-0.4, -0.2) is 30.4 Å². The van der Waals surface area contributed by atoms with E-state index in [1.54, 1.807) is 16.4 Å². The Labute approximate surface area is 197 Å². The molecule has 1 saturated heterocycles. The van der Waals surface area contributed by atoms with E-state index in [1.165, 1.54) is 28.1 Å². The van der Waals surface area contributed by atoms with Crippen LogP contribution >= 0.6 is 0 Å². The van der Waals surface area contributed by atoms with Crippen LogP contribution < -0.4 is 5.32 Å². The fraction of sp³-hybridized carbons (Fsp3) is 0.407. The second-order valence-electron chi connectivity index (χ2n) is 10.0. The van der Waals surface area contributed by atoms with Gasteiger partial charge in [0, 0.05) is 25.0 Å². The zero-order chi connectivity index (χ0) is 23.4. The molecule has 0 radical (unpaired) electrons. The van der Waals surface area contributed by atoms with Gasteiger partial charge in [-0.05, 0) is 86.1 Å². The van der Waals surface area contributed by atoms with Crippen LogP contribution in [0.4, 0.5) is 5.69 Å². The minimum atomic E-state index is -3.50. The highest BCUT2D eigenvalue weighted by Crippen LogP contribution is 2.45. The van der Waals surface area contributed by atoms with E-state index < -0.39 is 10.0 Å². The molecule has 174 valence electrons. The third-order valence-corrected chi connectivity index (χ3v) is 9.25. The molecule has 0 aliphatic carbocycles. The fourth-order valence-electron chi connectivity index (χ4n) is 5.41. The molecule has 6 heteroatoms. The third kappa shape index (κ3) is 3.69. The van der Waals surface area contributed by atoms with Gasteiger partial charge in [-0.15, -0.1) is 0 Å². The quantitative estimate of drug-likeness (QED) is 0.564. The van der Waals surface area contributed by atoms with Crippen LogP contribution in [0.25, 0.3) is 5.69 Å². The molecule has 0 atom stereocenters. The Balaban J connectivity index is 1.39. The molecule has 1 aromatic heterocycles. The van der Waals surface area contributed by atoms with Crippen LogP contribution in [0.15, 0.2) is 59.6 Å². The molecule has 33 heavy (non-hydrogen) atoms. The minimum Gasteiger partial charge on any atom is -0.372 e. The standard InChI is InChI=1S/C27H33N3O2S/c1-19(2)18-22-8-10-23(11-9-22)33(31,32)29-16-13-27(14-17-29)25-6-5-15-30(25)26-21(4)20(3)7-12-24(26)28-27/h5-12,15,19,28H,13-14,16-18H2,1-4H3. The third-order valence-electron chi connectivity index (χ3n) is 7.34. The number of benzene rings is 2. The molecule has 0 unspecified atom stereocenters. The van der Waals surface area contributed by atoms with E-state index in [-0.39, 0.29) is 5.54 Å². The van der Waals surface area contributed by atoms with Crippen LogP contribution in [0, 0.1) is 19.8 Å². The maximum atomic E-state index is 13.4. The molecule has 3 heterocycles. The lowest BCUT2D eigenvalue weighted by atomic mass is 9.82. The van der Waals surface area contributed by atoms with Crippen LogP contribution in [-0.2, 0) is 22.0 Å². The Hall–Kier alpha value is -2.57. The molecule has 2 aliphatic rings. The minimum absolute atomic E-state index is 0.259. The molecule has 0 amide bonds. The maximum Gasteiger partial charge on any atom is 0.243 e. The highest BCUT2D eigenvalue weighted by molar-refractivity contribution is 7.89. The molecule has 1 spiro atoms. The number of piperidine rings is 1. The smallest absolute Gasteiger partial charge is 0.243 e. The number of fused-ring (bicyclic) bond motifs is 4. The van der Waals surface area contributed by atoms with Crippen molar-refractivity contribution in [2.24, 2.45) is 5.92 Å². The van der Waals surface area contributed by atoms with Crippen molar-refractivity contribution in [3.8, 4) is 5.69 Å². The van der Waals surface area contributed by atoms with Crippen LogP contribution in [0.3, 0.4) is 0 Å². The average molecular weight is 464 g/mol. The van der Waals surface area contributed by atoms with Gasteiger partial charge in [0.05, 0.1) is 21.8 Å². The van der Waals surface area contributed by atoms with E-state index in [9.17, 15) is 8.42 Å². The SMILES string of the molecule is Cc1ccc2c(c1C)-n1cccc1C1(CCN(S(=O)(=O)c3ccc(CC(C)C)cc3)CC1)N2. The first-order chi connectivity index (χ1) is 15.7. The summed E-state index contributed by atoms with van der Waals surface area (Å²) in [7, 11) is -3.50. The van der Waals surface area contributed by atoms with Crippen molar-refractivity contribution < 1.29 is 8.42 Å². The molecule has 2 aromatic carbocycles. The van der Waals surface area contributed by atoms with Crippen LogP contribution in [0.2, 0.25) is 0 Å². The molecule has 2 aliphatic heterocycles. The van der Waals surface area contributed by atoms with Crippen molar-refractivity contribution in [1.29, 1.82) is 0 Å². The van der Waals surface area contributed by atoms with Gasteiger partial charge in [-0.1, -0.05) is 32.0 Å².